The Balaban J connectivity index is 1.99. The third-order valence-electron chi connectivity index (χ3n) is 6.52. The number of fused-ring (bicyclic) bond motifs is 8. The summed E-state index contributed by atoms with van der Waals surface area (Å²) in [6.45, 7) is 13.2. The van der Waals surface area contributed by atoms with Crippen LogP contribution in [0.25, 0.3) is 46.4 Å². The minimum absolute atomic E-state index is 0.337. The first-order valence-corrected chi connectivity index (χ1v) is 11.4. The van der Waals surface area contributed by atoms with Crippen LogP contribution < -0.4 is 0 Å². The molecule has 4 heteroatoms. The second-order valence-electron chi connectivity index (χ2n) is 9.39. The van der Waals surface area contributed by atoms with Gasteiger partial charge in [0.05, 0.1) is 22.8 Å². The van der Waals surface area contributed by atoms with Gasteiger partial charge < -0.3 is 9.97 Å². The van der Waals surface area contributed by atoms with E-state index in [1.165, 1.54) is 11.1 Å². The van der Waals surface area contributed by atoms with Crippen molar-refractivity contribution in [3.63, 3.8) is 0 Å². The first-order valence-electron chi connectivity index (χ1n) is 11.4. The van der Waals surface area contributed by atoms with E-state index in [1.54, 1.807) is 0 Å². The Morgan fingerprint density at radius 1 is 0.531 bits per heavy atom. The Bertz CT molecular complexity index is 1340. The largest absolute Gasteiger partial charge is 0.355 e. The van der Waals surface area contributed by atoms with Gasteiger partial charge in [0.15, 0.2) is 0 Å². The second kappa shape index (κ2) is 7.63. The lowest BCUT2D eigenvalue weighted by molar-refractivity contribution is 0.854. The molecule has 3 aromatic rings. The van der Waals surface area contributed by atoms with Crippen LogP contribution in [0.5, 0.6) is 0 Å². The summed E-state index contributed by atoms with van der Waals surface area (Å²) in [7, 11) is 0. The van der Waals surface area contributed by atoms with Gasteiger partial charge in [-0.1, -0.05) is 27.7 Å². The van der Waals surface area contributed by atoms with Crippen LogP contribution in [-0.2, 0) is 0 Å². The maximum atomic E-state index is 5.12. The van der Waals surface area contributed by atoms with Crippen molar-refractivity contribution in [3.05, 3.63) is 69.3 Å². The minimum atomic E-state index is 0.337. The summed E-state index contributed by atoms with van der Waals surface area (Å²) in [4.78, 5) is 17.4. The molecular weight excluding hydrogens is 392 g/mol. The number of rotatable bonds is 2. The average Bonchev–Trinajstić information content (AvgIpc) is 3.53. The van der Waals surface area contributed by atoms with E-state index in [2.05, 4.69) is 100 Å². The van der Waals surface area contributed by atoms with Crippen molar-refractivity contribution in [2.75, 3.05) is 0 Å². The highest BCUT2D eigenvalue weighted by atomic mass is 14.8. The number of H-pyrrole nitrogens is 2. The summed E-state index contributed by atoms with van der Waals surface area (Å²) < 4.78 is 0. The van der Waals surface area contributed by atoms with E-state index < -0.39 is 0 Å². The molecule has 3 aromatic heterocycles. The lowest BCUT2D eigenvalue weighted by Crippen LogP contribution is -1.95. The van der Waals surface area contributed by atoms with Crippen LogP contribution in [0.3, 0.4) is 0 Å². The Labute approximate surface area is 189 Å². The number of hydrogen-bond acceptors (Lipinski definition) is 2. The maximum Gasteiger partial charge on any atom is 0.0693 e. The van der Waals surface area contributed by atoms with Gasteiger partial charge in [-0.05, 0) is 85.4 Å². The van der Waals surface area contributed by atoms with Crippen molar-refractivity contribution in [2.24, 2.45) is 0 Å². The van der Waals surface area contributed by atoms with Crippen LogP contribution >= 0.6 is 0 Å². The van der Waals surface area contributed by atoms with Crippen molar-refractivity contribution in [3.8, 4) is 0 Å². The Morgan fingerprint density at radius 3 is 1.28 bits per heavy atom. The first kappa shape index (κ1) is 20.5. The molecule has 0 amide bonds. The highest BCUT2D eigenvalue weighted by Gasteiger charge is 2.16. The molecule has 2 aliphatic rings. The monoisotopic (exact) mass is 422 g/mol. The Morgan fingerprint density at radius 2 is 0.875 bits per heavy atom. The third kappa shape index (κ3) is 3.31. The topological polar surface area (TPSA) is 57.4 Å². The number of aryl methyl sites for hydroxylation is 2. The summed E-state index contributed by atoms with van der Waals surface area (Å²) >= 11 is 0. The molecule has 0 aliphatic carbocycles. The van der Waals surface area contributed by atoms with Gasteiger partial charge in [-0.3, -0.25) is 0 Å². The van der Waals surface area contributed by atoms with Crippen LogP contribution in [0.15, 0.2) is 24.3 Å². The lowest BCUT2D eigenvalue weighted by atomic mass is 10.0. The summed E-state index contributed by atoms with van der Waals surface area (Å²) in [5.41, 5.74) is 13.3. The van der Waals surface area contributed by atoms with E-state index in [0.717, 1.165) is 56.0 Å². The zero-order valence-corrected chi connectivity index (χ0v) is 19.7. The van der Waals surface area contributed by atoms with Crippen molar-refractivity contribution >= 4 is 46.4 Å². The molecule has 0 atom stereocenters. The number of hydrogen-bond donors (Lipinski definition) is 2. The van der Waals surface area contributed by atoms with E-state index in [-0.39, 0.29) is 0 Å². The molecule has 5 rings (SSSR count). The smallest absolute Gasteiger partial charge is 0.0693 e. The molecule has 0 aromatic carbocycles. The van der Waals surface area contributed by atoms with Crippen LogP contribution in [0.1, 0.15) is 84.6 Å². The van der Waals surface area contributed by atoms with Gasteiger partial charge in [0.2, 0.25) is 0 Å². The highest BCUT2D eigenvalue weighted by Crippen LogP contribution is 2.31. The number of nitrogens with one attached hydrogen (secondary N) is 2. The van der Waals surface area contributed by atoms with E-state index >= 15 is 0 Å². The molecule has 0 fully saturated rings. The molecule has 0 saturated carbocycles. The third-order valence-corrected chi connectivity index (χ3v) is 6.52. The van der Waals surface area contributed by atoms with Gasteiger partial charge in [-0.2, -0.15) is 0 Å². The SMILES string of the molecule is Cc1c2nc(c(C)c3ccc([nH]3)c(C(C)C)c3nc(c(C(C)C)c4ccc1[nH]4)C=C3)C=C2. The van der Waals surface area contributed by atoms with Crippen LogP contribution in [0.2, 0.25) is 0 Å². The maximum absolute atomic E-state index is 5.12. The van der Waals surface area contributed by atoms with Gasteiger partial charge >= 0.3 is 0 Å². The van der Waals surface area contributed by atoms with E-state index in [1.807, 2.05) is 0 Å². The van der Waals surface area contributed by atoms with Crippen LogP contribution in [0.4, 0.5) is 0 Å². The lowest BCUT2D eigenvalue weighted by Gasteiger charge is -2.08. The zero-order chi connectivity index (χ0) is 22.6. The Kier molecular flexibility index (Phi) is 4.89. The molecule has 2 aliphatic heterocycles. The van der Waals surface area contributed by atoms with Crippen molar-refractivity contribution in [1.82, 2.24) is 19.9 Å². The number of aromatic amines is 2. The average molecular weight is 423 g/mol. The van der Waals surface area contributed by atoms with Crippen LogP contribution in [-0.4, -0.2) is 19.9 Å². The van der Waals surface area contributed by atoms with E-state index in [0.29, 0.717) is 11.8 Å². The first-order chi connectivity index (χ1) is 15.3. The fourth-order valence-electron chi connectivity index (χ4n) is 4.75. The molecule has 162 valence electrons. The van der Waals surface area contributed by atoms with Gasteiger partial charge in [0, 0.05) is 33.2 Å². The standard InChI is InChI=1S/C28H30N4/c1-15(2)27-23-11-9-21(30-23)17(5)19-7-8-20(29-19)18(6)22-10-12-24(31-22)28(16(3)4)26-14-13-25(27)32-26/h7-16,30-31H,1-6H3. The quantitative estimate of drug-likeness (QED) is 0.309. The molecule has 32 heavy (non-hydrogen) atoms. The molecule has 0 saturated heterocycles. The second-order valence-corrected chi connectivity index (χ2v) is 9.39. The molecule has 2 N–H and O–H groups in total. The van der Waals surface area contributed by atoms with Gasteiger partial charge in [0.25, 0.3) is 0 Å². The van der Waals surface area contributed by atoms with Gasteiger partial charge in [-0.25, -0.2) is 9.97 Å². The molecule has 4 nitrogen and oxygen atoms in total. The molecule has 0 radical (unpaired) electrons. The Hall–Kier alpha value is -3.40. The van der Waals surface area contributed by atoms with Crippen molar-refractivity contribution in [1.29, 1.82) is 0 Å². The highest BCUT2D eigenvalue weighted by molar-refractivity contribution is 5.83. The molecule has 5 heterocycles. The summed E-state index contributed by atoms with van der Waals surface area (Å²) in [5, 5.41) is 0. The molecule has 0 unspecified atom stereocenters. The summed E-state index contributed by atoms with van der Waals surface area (Å²) in [5.74, 6) is 0.674. The predicted molar refractivity (Wildman–Crippen MR) is 137 cm³/mol. The fraction of sp³-hybridized carbons (Fsp3) is 0.286. The molecular formula is C28H30N4. The van der Waals surface area contributed by atoms with Gasteiger partial charge in [0.1, 0.15) is 0 Å². The van der Waals surface area contributed by atoms with Crippen molar-refractivity contribution < 1.29 is 0 Å². The van der Waals surface area contributed by atoms with E-state index in [9.17, 15) is 0 Å². The van der Waals surface area contributed by atoms with Gasteiger partial charge in [-0.15, -0.1) is 0 Å². The predicted octanol–water partition coefficient (Wildman–Crippen LogP) is 7.52. The minimum Gasteiger partial charge on any atom is -0.355 e. The fourth-order valence-corrected chi connectivity index (χ4v) is 4.75. The molecule has 8 bridgehead atoms. The number of nitrogens with zero attached hydrogens (tertiary/aromatic N) is 2. The summed E-state index contributed by atoms with van der Waals surface area (Å²) in [6.07, 6.45) is 8.54. The summed E-state index contributed by atoms with van der Waals surface area (Å²) in [6, 6.07) is 8.66. The zero-order valence-electron chi connectivity index (χ0n) is 19.7. The van der Waals surface area contributed by atoms with Crippen molar-refractivity contribution in [2.45, 2.75) is 53.4 Å². The number of aromatic nitrogens is 4. The normalized spacial score (nSPS) is 13.0. The van der Waals surface area contributed by atoms with Crippen LogP contribution in [0, 0.1) is 13.8 Å². The van der Waals surface area contributed by atoms with E-state index in [4.69, 9.17) is 9.97 Å². The molecule has 0 spiro atoms.